The van der Waals surface area contributed by atoms with Gasteiger partial charge in [-0.15, -0.1) is 5.75 Å². The molecule has 2 amide bonds. The van der Waals surface area contributed by atoms with Crippen LogP contribution in [0, 0.1) is 6.07 Å². The number of hydrogen-bond donors (Lipinski definition) is 1. The molecule has 0 aromatic heterocycles. The molecule has 1 saturated heterocycles. The third-order valence-electron chi connectivity index (χ3n) is 2.70. The van der Waals surface area contributed by atoms with E-state index in [4.69, 9.17) is 0 Å². The molecule has 21 heavy (non-hydrogen) atoms. The van der Waals surface area contributed by atoms with Crippen LogP contribution in [0.15, 0.2) is 18.2 Å². The van der Waals surface area contributed by atoms with Crippen LogP contribution in [-0.4, -0.2) is 18.3 Å². The van der Waals surface area contributed by atoms with Gasteiger partial charge in [0.05, 0.1) is 0 Å². The van der Waals surface area contributed by atoms with E-state index >= 15 is 0 Å². The topological polar surface area (TPSA) is 72.5 Å². The largest absolute Gasteiger partial charge is 1.00 e. The van der Waals surface area contributed by atoms with E-state index < -0.39 is 0 Å². The number of carbonyl (C=O) groups is 2. The van der Waals surface area contributed by atoms with Crippen molar-refractivity contribution in [3.05, 3.63) is 29.8 Å². The van der Waals surface area contributed by atoms with Crippen LogP contribution >= 0.6 is 0 Å². The van der Waals surface area contributed by atoms with Crippen molar-refractivity contribution < 1.29 is 48.7 Å². The second-order valence-corrected chi connectivity index (χ2v) is 4.62. The molecule has 108 valence electrons. The Balaban J connectivity index is 0.000000390. The Hall–Kier alpha value is -1.17. The third-order valence-corrected chi connectivity index (χ3v) is 2.70. The van der Waals surface area contributed by atoms with E-state index in [1.54, 1.807) is 6.07 Å². The average molecular weight is 298 g/mol. The van der Waals surface area contributed by atoms with E-state index in [9.17, 15) is 14.4 Å². The predicted molar refractivity (Wildman–Crippen MR) is 72.7 cm³/mol. The number of para-hydroxylation sites is 1. The monoisotopic (exact) mass is 298 g/mol. The Labute approximate surface area is 146 Å². The van der Waals surface area contributed by atoms with E-state index in [0.717, 1.165) is 5.56 Å². The Morgan fingerprint density at radius 1 is 1.29 bits per heavy atom. The van der Waals surface area contributed by atoms with Crippen molar-refractivity contribution in [2.45, 2.75) is 39.0 Å². The molecule has 2 rings (SSSR count). The number of piperidine rings is 1. The average Bonchev–Trinajstić information content (AvgIpc) is 2.40. The number of carbonyl (C=O) groups excluding carboxylic acids is 3. The van der Waals surface area contributed by atoms with Gasteiger partial charge in [0.15, 0.2) is 6.47 Å². The molecule has 0 spiro atoms. The Bertz CT molecular complexity index is 474. The second-order valence-electron chi connectivity index (χ2n) is 4.62. The summed E-state index contributed by atoms with van der Waals surface area (Å²) in [5.41, 5.74) is 0.973. The van der Waals surface area contributed by atoms with Gasteiger partial charge >= 0.3 is 29.6 Å². The molecule has 5 nitrogen and oxygen atoms in total. The molecule has 0 bridgehead atoms. The molecule has 1 aliphatic rings. The first-order chi connectivity index (χ1) is 9.54. The van der Waals surface area contributed by atoms with Crippen LogP contribution in [0.3, 0.4) is 0 Å². The summed E-state index contributed by atoms with van der Waals surface area (Å²) < 4.78 is 4.64. The van der Waals surface area contributed by atoms with Crippen LogP contribution in [0.4, 0.5) is 0 Å². The second kappa shape index (κ2) is 10.5. The number of hydrogen-bond acceptors (Lipinski definition) is 4. The van der Waals surface area contributed by atoms with Crippen molar-refractivity contribution in [2.75, 3.05) is 0 Å². The van der Waals surface area contributed by atoms with Gasteiger partial charge in [-0.2, -0.15) is 23.8 Å². The standard InChI is InChI=1S/C10H10O2.C5H7NO2.Na/c1-8(2)9-5-3-4-6-10(9)12-7-11;7-4-2-1-3-5(8)6-4;/h3-5,8H,1-2H3;1-3H2,(H,6,7,8);/q-2;;+1. The van der Waals surface area contributed by atoms with Gasteiger partial charge in [0.1, 0.15) is 0 Å². The van der Waals surface area contributed by atoms with Crippen molar-refractivity contribution in [2.24, 2.45) is 0 Å². The quantitative estimate of drug-likeness (QED) is 0.435. The molecule has 0 unspecified atom stereocenters. The summed E-state index contributed by atoms with van der Waals surface area (Å²) in [5, 5.41) is 2.20. The summed E-state index contributed by atoms with van der Waals surface area (Å²) in [6.45, 7) is 5.46. The van der Waals surface area contributed by atoms with Gasteiger partial charge in [-0.05, 0) is 6.42 Å². The number of rotatable bonds is 3. The zero-order valence-electron chi connectivity index (χ0n) is 12.6. The van der Waals surface area contributed by atoms with E-state index in [1.807, 2.05) is 26.0 Å². The van der Waals surface area contributed by atoms with Crippen molar-refractivity contribution >= 4 is 18.3 Å². The number of nitrogens with one attached hydrogen (secondary N) is 1. The van der Waals surface area contributed by atoms with E-state index in [2.05, 4.69) is 16.1 Å². The molecular weight excluding hydrogens is 281 g/mol. The van der Waals surface area contributed by atoms with Gasteiger partial charge in [-0.3, -0.25) is 14.9 Å². The molecule has 0 saturated carbocycles. The smallest absolute Gasteiger partial charge is 0.633 e. The van der Waals surface area contributed by atoms with Crippen LogP contribution in [0.5, 0.6) is 5.75 Å². The van der Waals surface area contributed by atoms with E-state index in [1.165, 1.54) is 6.47 Å². The first kappa shape index (κ1) is 19.8. The van der Waals surface area contributed by atoms with Crippen molar-refractivity contribution in [3.63, 3.8) is 0 Å². The fourth-order valence-corrected chi connectivity index (χ4v) is 1.71. The van der Waals surface area contributed by atoms with Crippen LogP contribution < -0.4 is 39.6 Å². The minimum absolute atomic E-state index is 0. The summed E-state index contributed by atoms with van der Waals surface area (Å²) >= 11 is 0. The van der Waals surface area contributed by atoms with Crippen LogP contribution in [0.2, 0.25) is 0 Å². The molecule has 1 N–H and O–H groups in total. The third kappa shape index (κ3) is 7.41. The zero-order chi connectivity index (χ0) is 15.0. The Morgan fingerprint density at radius 3 is 2.33 bits per heavy atom. The van der Waals surface area contributed by atoms with Crippen LogP contribution in [-0.2, 0) is 14.4 Å². The summed E-state index contributed by atoms with van der Waals surface area (Å²) in [6, 6.07) is 8.32. The first-order valence-corrected chi connectivity index (χ1v) is 6.42. The van der Waals surface area contributed by atoms with Crippen molar-refractivity contribution in [1.82, 2.24) is 5.32 Å². The van der Waals surface area contributed by atoms with Gasteiger partial charge in [0.25, 0.3) is 0 Å². The van der Waals surface area contributed by atoms with Gasteiger partial charge in [-0.25, -0.2) is 6.07 Å². The molecule has 1 heterocycles. The molecule has 1 aromatic rings. The summed E-state index contributed by atoms with van der Waals surface area (Å²) in [6.07, 6.45) is 1.72. The molecular formula is C15H17NNaO4-. The van der Waals surface area contributed by atoms with E-state index in [-0.39, 0.29) is 41.4 Å². The fraction of sp³-hybridized carbons (Fsp3) is 0.400. The van der Waals surface area contributed by atoms with Crippen molar-refractivity contribution in [3.8, 4) is 5.75 Å². The molecule has 0 aliphatic carbocycles. The number of benzene rings is 1. The SMILES string of the molecule is CC(C)c1ccc[c-]c1O[C-]=O.O=C1CCCC(=O)N1.[Na+]. The maximum Gasteiger partial charge on any atom is 1.00 e. The minimum atomic E-state index is -0.138. The fourth-order valence-electron chi connectivity index (χ4n) is 1.71. The minimum Gasteiger partial charge on any atom is -0.633 e. The molecule has 0 radical (unpaired) electrons. The van der Waals surface area contributed by atoms with Gasteiger partial charge < -0.3 is 9.53 Å². The summed E-state index contributed by atoms with van der Waals surface area (Å²) in [7, 11) is 0. The van der Waals surface area contributed by atoms with Crippen LogP contribution in [0.1, 0.15) is 44.6 Å². The van der Waals surface area contributed by atoms with E-state index in [0.29, 0.717) is 30.9 Å². The first-order valence-electron chi connectivity index (χ1n) is 6.42. The molecule has 0 atom stereocenters. The number of amides is 2. The molecule has 1 aromatic carbocycles. The number of imide groups is 1. The zero-order valence-corrected chi connectivity index (χ0v) is 14.6. The molecule has 1 fully saturated rings. The van der Waals surface area contributed by atoms with Crippen molar-refractivity contribution in [1.29, 1.82) is 0 Å². The predicted octanol–water partition coefficient (Wildman–Crippen LogP) is -1.13. The Kier molecular flexibility index (Phi) is 9.95. The van der Waals surface area contributed by atoms with Gasteiger partial charge in [0.2, 0.25) is 11.8 Å². The Morgan fingerprint density at radius 2 is 1.90 bits per heavy atom. The van der Waals surface area contributed by atoms with Crippen LogP contribution in [0.25, 0.3) is 0 Å². The molecule has 1 aliphatic heterocycles. The summed E-state index contributed by atoms with van der Waals surface area (Å²) in [5.74, 6) is 0.524. The summed E-state index contributed by atoms with van der Waals surface area (Å²) in [4.78, 5) is 30.7. The van der Waals surface area contributed by atoms with Gasteiger partial charge in [0, 0.05) is 12.8 Å². The maximum atomic E-state index is 10.3. The maximum absolute atomic E-state index is 10.3. The normalized spacial score (nSPS) is 13.5. The number of ether oxygens (including phenoxy) is 1. The van der Waals surface area contributed by atoms with Gasteiger partial charge in [-0.1, -0.05) is 19.8 Å². The molecule has 6 heteroatoms.